The first-order valence-corrected chi connectivity index (χ1v) is 9.83. The zero-order chi connectivity index (χ0) is 17.6. The maximum absolute atomic E-state index is 13.0. The van der Waals surface area contributed by atoms with Crippen molar-refractivity contribution in [3.05, 3.63) is 0 Å². The largest absolute Gasteiger partial charge is 0.341 e. The molecule has 1 aliphatic carbocycles. The average Bonchev–Trinajstić information content (AvgIpc) is 2.98. The molecule has 2 amide bonds. The molecule has 2 aliphatic rings. The van der Waals surface area contributed by atoms with Crippen molar-refractivity contribution in [2.45, 2.75) is 65.2 Å². The quantitative estimate of drug-likeness (QED) is 0.809. The molecule has 0 aromatic carbocycles. The van der Waals surface area contributed by atoms with E-state index in [1.807, 2.05) is 23.6 Å². The summed E-state index contributed by atoms with van der Waals surface area (Å²) < 4.78 is 0. The number of carbonyl (C=O) groups excluding carboxylic acids is 2. The average molecular weight is 338 g/mol. The van der Waals surface area contributed by atoms with Gasteiger partial charge in [-0.3, -0.25) is 9.59 Å². The van der Waals surface area contributed by atoms with Gasteiger partial charge in [-0.05, 0) is 38.0 Å². The number of nitrogens with zero attached hydrogens (tertiary/aromatic N) is 2. The lowest BCUT2D eigenvalue weighted by atomic mass is 9.81. The molecule has 24 heavy (non-hydrogen) atoms. The summed E-state index contributed by atoms with van der Waals surface area (Å²) in [4.78, 5) is 29.4. The molecule has 5 nitrogen and oxygen atoms in total. The Labute approximate surface area is 146 Å². The SMILES string of the molecule is CCC(CC)(CN)C(=O)N1CCCN(C(=O)CC2CCCC2)CC1. The van der Waals surface area contributed by atoms with Crippen molar-refractivity contribution >= 4 is 11.8 Å². The summed E-state index contributed by atoms with van der Waals surface area (Å²) in [5, 5.41) is 0. The molecule has 1 saturated carbocycles. The van der Waals surface area contributed by atoms with E-state index in [4.69, 9.17) is 5.73 Å². The maximum Gasteiger partial charge on any atom is 0.230 e. The molecule has 0 unspecified atom stereocenters. The Morgan fingerprint density at radius 2 is 1.54 bits per heavy atom. The van der Waals surface area contributed by atoms with Crippen LogP contribution in [0.2, 0.25) is 0 Å². The molecule has 5 heteroatoms. The summed E-state index contributed by atoms with van der Waals surface area (Å²) >= 11 is 0. The number of nitrogens with two attached hydrogens (primary N) is 1. The van der Waals surface area contributed by atoms with Crippen LogP contribution in [-0.4, -0.2) is 54.3 Å². The molecule has 1 heterocycles. The second-order valence-electron chi connectivity index (χ2n) is 7.57. The highest BCUT2D eigenvalue weighted by Gasteiger charge is 2.37. The first-order chi connectivity index (χ1) is 11.6. The minimum Gasteiger partial charge on any atom is -0.341 e. The van der Waals surface area contributed by atoms with Crippen molar-refractivity contribution in [1.82, 2.24) is 9.80 Å². The molecule has 2 rings (SSSR count). The molecule has 0 aromatic heterocycles. The Balaban J connectivity index is 1.91. The number of hydrogen-bond donors (Lipinski definition) is 1. The third-order valence-electron chi connectivity index (χ3n) is 6.27. The Hall–Kier alpha value is -1.10. The highest BCUT2D eigenvalue weighted by Crippen LogP contribution is 2.29. The molecule has 138 valence electrons. The van der Waals surface area contributed by atoms with Gasteiger partial charge in [-0.25, -0.2) is 0 Å². The maximum atomic E-state index is 13.0. The lowest BCUT2D eigenvalue weighted by Gasteiger charge is -2.34. The van der Waals surface area contributed by atoms with Crippen LogP contribution < -0.4 is 5.73 Å². The van der Waals surface area contributed by atoms with Gasteiger partial charge in [0.05, 0.1) is 5.41 Å². The van der Waals surface area contributed by atoms with Crippen molar-refractivity contribution < 1.29 is 9.59 Å². The Kier molecular flexibility index (Phi) is 7.08. The summed E-state index contributed by atoms with van der Waals surface area (Å²) in [7, 11) is 0. The number of hydrogen-bond acceptors (Lipinski definition) is 3. The monoisotopic (exact) mass is 337 g/mol. The van der Waals surface area contributed by atoms with Crippen LogP contribution in [0.25, 0.3) is 0 Å². The fraction of sp³-hybridized carbons (Fsp3) is 0.895. The molecule has 0 bridgehead atoms. The minimum absolute atomic E-state index is 0.181. The summed E-state index contributed by atoms with van der Waals surface area (Å²) in [6.45, 7) is 7.34. The van der Waals surface area contributed by atoms with Gasteiger partial charge in [0, 0.05) is 39.1 Å². The van der Waals surface area contributed by atoms with Gasteiger partial charge in [-0.2, -0.15) is 0 Å². The van der Waals surface area contributed by atoms with E-state index in [0.717, 1.165) is 32.4 Å². The van der Waals surface area contributed by atoms with Gasteiger partial charge < -0.3 is 15.5 Å². The van der Waals surface area contributed by atoms with Crippen LogP contribution in [0.5, 0.6) is 0 Å². The van der Waals surface area contributed by atoms with Crippen molar-refractivity contribution in [3.63, 3.8) is 0 Å². The minimum atomic E-state index is -0.428. The van der Waals surface area contributed by atoms with E-state index in [-0.39, 0.29) is 11.8 Å². The number of carbonyl (C=O) groups is 2. The van der Waals surface area contributed by atoms with Crippen LogP contribution in [0.1, 0.15) is 65.2 Å². The topological polar surface area (TPSA) is 66.6 Å². The summed E-state index contributed by atoms with van der Waals surface area (Å²) in [5.41, 5.74) is 5.50. The fourth-order valence-corrected chi connectivity index (χ4v) is 4.22. The lowest BCUT2D eigenvalue weighted by molar-refractivity contribution is -0.142. The highest BCUT2D eigenvalue weighted by atomic mass is 16.2. The van der Waals surface area contributed by atoms with Crippen molar-refractivity contribution in [2.24, 2.45) is 17.1 Å². The van der Waals surface area contributed by atoms with Crippen LogP contribution in [0.15, 0.2) is 0 Å². The van der Waals surface area contributed by atoms with Crippen molar-refractivity contribution in [1.29, 1.82) is 0 Å². The first-order valence-electron chi connectivity index (χ1n) is 9.83. The molecule has 0 radical (unpaired) electrons. The van der Waals surface area contributed by atoms with Gasteiger partial charge in [0.2, 0.25) is 11.8 Å². The number of rotatable bonds is 6. The molecule has 0 aromatic rings. The predicted octanol–water partition coefficient (Wildman–Crippen LogP) is 2.39. The van der Waals surface area contributed by atoms with E-state index in [0.29, 0.717) is 32.0 Å². The first kappa shape index (κ1) is 19.2. The van der Waals surface area contributed by atoms with Crippen LogP contribution in [0.4, 0.5) is 0 Å². The van der Waals surface area contributed by atoms with Gasteiger partial charge in [0.25, 0.3) is 0 Å². The van der Waals surface area contributed by atoms with E-state index in [9.17, 15) is 9.59 Å². The molecule has 0 spiro atoms. The Morgan fingerprint density at radius 1 is 0.958 bits per heavy atom. The zero-order valence-electron chi connectivity index (χ0n) is 15.6. The molecule has 1 saturated heterocycles. The van der Waals surface area contributed by atoms with Crippen LogP contribution in [0.3, 0.4) is 0 Å². The lowest BCUT2D eigenvalue weighted by Crippen LogP contribution is -2.48. The van der Waals surface area contributed by atoms with Gasteiger partial charge in [0.1, 0.15) is 0 Å². The van der Waals surface area contributed by atoms with Crippen LogP contribution in [0, 0.1) is 11.3 Å². The molecular weight excluding hydrogens is 302 g/mol. The molecule has 2 N–H and O–H groups in total. The summed E-state index contributed by atoms with van der Waals surface area (Å²) in [6, 6.07) is 0. The second kappa shape index (κ2) is 8.84. The zero-order valence-corrected chi connectivity index (χ0v) is 15.6. The Bertz CT molecular complexity index is 420. The summed E-state index contributed by atoms with van der Waals surface area (Å²) in [5.74, 6) is 1.05. The van der Waals surface area contributed by atoms with E-state index in [1.54, 1.807) is 0 Å². The van der Waals surface area contributed by atoms with E-state index < -0.39 is 5.41 Å². The normalized spacial score (nSPS) is 20.3. The van der Waals surface area contributed by atoms with Crippen molar-refractivity contribution in [3.8, 4) is 0 Å². The Morgan fingerprint density at radius 3 is 2.12 bits per heavy atom. The molecule has 2 fully saturated rings. The number of amides is 2. The molecule has 1 aliphatic heterocycles. The van der Waals surface area contributed by atoms with Gasteiger partial charge >= 0.3 is 0 Å². The van der Waals surface area contributed by atoms with Gasteiger partial charge in [-0.1, -0.05) is 26.7 Å². The second-order valence-corrected chi connectivity index (χ2v) is 7.57. The smallest absolute Gasteiger partial charge is 0.230 e. The van der Waals surface area contributed by atoms with E-state index in [1.165, 1.54) is 25.7 Å². The van der Waals surface area contributed by atoms with E-state index >= 15 is 0 Å². The van der Waals surface area contributed by atoms with Crippen LogP contribution >= 0.6 is 0 Å². The predicted molar refractivity (Wildman–Crippen MR) is 96.4 cm³/mol. The fourth-order valence-electron chi connectivity index (χ4n) is 4.22. The molecule has 0 atom stereocenters. The third kappa shape index (κ3) is 4.29. The van der Waals surface area contributed by atoms with Gasteiger partial charge in [-0.15, -0.1) is 0 Å². The van der Waals surface area contributed by atoms with E-state index in [2.05, 4.69) is 0 Å². The standard InChI is InChI=1S/C19H35N3O2/c1-3-19(4-2,15-20)18(24)22-11-7-10-21(12-13-22)17(23)14-16-8-5-6-9-16/h16H,3-15,20H2,1-2H3. The summed E-state index contributed by atoms with van der Waals surface area (Å²) in [6.07, 6.45) is 8.08. The van der Waals surface area contributed by atoms with Crippen LogP contribution in [-0.2, 0) is 9.59 Å². The van der Waals surface area contributed by atoms with Gasteiger partial charge in [0.15, 0.2) is 0 Å². The molecular formula is C19H35N3O2. The third-order valence-corrected chi connectivity index (χ3v) is 6.27. The van der Waals surface area contributed by atoms with Crippen molar-refractivity contribution in [2.75, 3.05) is 32.7 Å². The highest BCUT2D eigenvalue weighted by molar-refractivity contribution is 5.83.